The first kappa shape index (κ1) is 20.2. The molecule has 0 bridgehead atoms. The maximum Gasteiger partial charge on any atom is 0.416 e. The van der Waals surface area contributed by atoms with E-state index in [9.17, 15) is 22.9 Å². The summed E-state index contributed by atoms with van der Waals surface area (Å²) in [5.74, 6) is -0.0569. The Morgan fingerprint density at radius 2 is 2.00 bits per heavy atom. The van der Waals surface area contributed by atoms with E-state index in [-0.39, 0.29) is 24.0 Å². The van der Waals surface area contributed by atoms with E-state index in [4.69, 9.17) is 9.15 Å². The summed E-state index contributed by atoms with van der Waals surface area (Å²) in [6.45, 7) is 1.53. The Morgan fingerprint density at radius 3 is 2.62 bits per heavy atom. The van der Waals surface area contributed by atoms with Crippen molar-refractivity contribution in [1.29, 1.82) is 0 Å². The minimum atomic E-state index is -4.50. The van der Waals surface area contributed by atoms with Gasteiger partial charge in [-0.05, 0) is 29.4 Å². The number of hydrogen-bond acceptors (Lipinski definition) is 8. The largest absolute Gasteiger partial charge is 0.449 e. The molecule has 32 heavy (non-hydrogen) atoms. The van der Waals surface area contributed by atoms with Gasteiger partial charge in [-0.1, -0.05) is 0 Å². The lowest BCUT2D eigenvalue weighted by atomic mass is 10.1. The first-order chi connectivity index (χ1) is 15.3. The summed E-state index contributed by atoms with van der Waals surface area (Å²) < 4.78 is 50.5. The Morgan fingerprint density at radius 1 is 1.25 bits per heavy atom. The van der Waals surface area contributed by atoms with Crippen LogP contribution in [0.25, 0.3) is 0 Å². The van der Waals surface area contributed by atoms with E-state index in [1.165, 1.54) is 34.2 Å². The van der Waals surface area contributed by atoms with Gasteiger partial charge >= 0.3 is 6.18 Å². The third-order valence-corrected chi connectivity index (χ3v) is 5.22. The highest BCUT2D eigenvalue weighted by Gasteiger charge is 2.45. The van der Waals surface area contributed by atoms with Crippen LogP contribution in [-0.4, -0.2) is 33.4 Å². The number of hydrogen-bond donors (Lipinski definition) is 1. The monoisotopic (exact) mass is 448 g/mol. The van der Waals surface area contributed by atoms with Crippen molar-refractivity contribution in [2.45, 2.75) is 31.6 Å². The van der Waals surface area contributed by atoms with E-state index in [0.717, 1.165) is 12.1 Å². The molecule has 1 saturated heterocycles. The highest BCUT2D eigenvalue weighted by Crippen LogP contribution is 2.40. The van der Waals surface area contributed by atoms with Crippen LogP contribution in [0.1, 0.15) is 39.9 Å². The van der Waals surface area contributed by atoms with Crippen LogP contribution in [0.3, 0.4) is 0 Å². The molecule has 1 N–H and O–H groups in total. The highest BCUT2D eigenvalue weighted by molar-refractivity contribution is 6.09. The first-order valence-electron chi connectivity index (χ1n) is 9.49. The number of nitrogens with zero attached hydrogens (tertiary/aromatic N) is 5. The molecule has 4 heterocycles. The number of oxazole rings is 1. The molecule has 2 aromatic heterocycles. The molecular weight excluding hydrogens is 433 g/mol. The van der Waals surface area contributed by atoms with Gasteiger partial charge in [0, 0.05) is 12.6 Å². The number of epoxide rings is 1. The number of carbonyl (C=O) groups excluding carboxylic acids is 1. The Hall–Kier alpha value is -3.74. The van der Waals surface area contributed by atoms with E-state index in [1.807, 2.05) is 0 Å². The number of carbonyl (C=O) groups is 1. The molecule has 10 nitrogen and oxygen atoms in total. The molecule has 0 aliphatic carbocycles. The van der Waals surface area contributed by atoms with Gasteiger partial charge in [0.25, 0.3) is 5.91 Å². The van der Waals surface area contributed by atoms with Gasteiger partial charge in [-0.3, -0.25) is 4.79 Å². The standard InChI is InChI=1S/C19H15F3N6O4/c1-9-24-13(8-31-9)16-17(32-16)25-12-6-23-28-14(26-30)7-27(18(29)15(12)28)11-4-2-10(3-5-11)19(20,21)22/h2-6,8,14,16-17,25H,7H2,1H3/t14-,16?,17?/m1/s1. The van der Waals surface area contributed by atoms with Gasteiger partial charge in [0.05, 0.1) is 24.0 Å². The number of halogens is 3. The van der Waals surface area contributed by atoms with E-state index in [1.54, 1.807) is 6.92 Å². The molecule has 0 saturated carbocycles. The lowest BCUT2D eigenvalue weighted by Gasteiger charge is -2.30. The average Bonchev–Trinajstić information content (AvgIpc) is 3.17. The molecule has 1 fully saturated rings. The zero-order valence-corrected chi connectivity index (χ0v) is 16.4. The quantitative estimate of drug-likeness (QED) is 0.468. The Labute approximate surface area is 177 Å². The van der Waals surface area contributed by atoms with Crippen LogP contribution >= 0.6 is 0 Å². The molecule has 2 aliphatic heterocycles. The van der Waals surface area contributed by atoms with E-state index in [0.29, 0.717) is 17.3 Å². The number of fused-ring (bicyclic) bond motifs is 1. The molecule has 166 valence electrons. The second-order valence-electron chi connectivity index (χ2n) is 7.31. The predicted octanol–water partition coefficient (Wildman–Crippen LogP) is 3.63. The number of nitroso groups, excluding NO2 is 1. The Balaban J connectivity index is 1.41. The van der Waals surface area contributed by atoms with Crippen LogP contribution in [0.5, 0.6) is 0 Å². The summed E-state index contributed by atoms with van der Waals surface area (Å²) in [6, 6.07) is 4.10. The SMILES string of the molecule is Cc1nc(C2OC2Nc2cnn3c2C(=O)N(c2ccc(C(F)(F)F)cc2)C[C@@H]3N=O)co1. The Bertz CT molecular complexity index is 1190. The van der Waals surface area contributed by atoms with Gasteiger partial charge in [0.15, 0.2) is 17.8 Å². The lowest BCUT2D eigenvalue weighted by molar-refractivity contribution is -0.137. The normalized spacial score (nSPS) is 22.6. The van der Waals surface area contributed by atoms with Crippen molar-refractivity contribution in [3.8, 4) is 0 Å². The third-order valence-electron chi connectivity index (χ3n) is 5.22. The van der Waals surface area contributed by atoms with Gasteiger partial charge in [0.1, 0.15) is 18.1 Å². The summed E-state index contributed by atoms with van der Waals surface area (Å²) in [7, 11) is 0. The van der Waals surface area contributed by atoms with Gasteiger partial charge in [-0.15, -0.1) is 4.91 Å². The maximum absolute atomic E-state index is 13.2. The zero-order valence-electron chi connectivity index (χ0n) is 16.4. The van der Waals surface area contributed by atoms with Crippen molar-refractivity contribution in [3.05, 3.63) is 64.5 Å². The van der Waals surface area contributed by atoms with Crippen molar-refractivity contribution in [1.82, 2.24) is 14.8 Å². The van der Waals surface area contributed by atoms with Gasteiger partial charge in [-0.25, -0.2) is 9.67 Å². The summed E-state index contributed by atoms with van der Waals surface area (Å²) in [5.41, 5.74) is 0.294. The minimum absolute atomic E-state index is 0.0475. The second kappa shape index (κ2) is 7.15. The van der Waals surface area contributed by atoms with Crippen LogP contribution in [0, 0.1) is 11.8 Å². The highest BCUT2D eigenvalue weighted by atomic mass is 19.4. The second-order valence-corrected chi connectivity index (χ2v) is 7.31. The third kappa shape index (κ3) is 3.39. The van der Waals surface area contributed by atoms with E-state index >= 15 is 0 Å². The lowest BCUT2D eigenvalue weighted by Crippen LogP contribution is -2.43. The van der Waals surface area contributed by atoms with E-state index in [2.05, 4.69) is 20.6 Å². The van der Waals surface area contributed by atoms with Gasteiger partial charge < -0.3 is 19.4 Å². The number of amides is 1. The topological polar surface area (TPSA) is 118 Å². The van der Waals surface area contributed by atoms with Crippen molar-refractivity contribution in [2.24, 2.45) is 5.18 Å². The summed E-state index contributed by atoms with van der Waals surface area (Å²) >= 11 is 0. The number of rotatable bonds is 5. The van der Waals surface area contributed by atoms with Gasteiger partial charge in [0.2, 0.25) is 6.17 Å². The molecular formula is C19H15F3N6O4. The van der Waals surface area contributed by atoms with Crippen LogP contribution in [-0.2, 0) is 10.9 Å². The molecule has 1 amide bonds. The zero-order chi connectivity index (χ0) is 22.6. The van der Waals surface area contributed by atoms with Crippen LogP contribution in [0.2, 0.25) is 0 Å². The molecule has 3 aromatic rings. The number of aryl methyl sites for hydroxylation is 1. The average molecular weight is 448 g/mol. The predicted molar refractivity (Wildman–Crippen MR) is 103 cm³/mol. The van der Waals surface area contributed by atoms with Crippen LogP contribution in [0.15, 0.2) is 46.3 Å². The van der Waals surface area contributed by atoms with Crippen molar-refractivity contribution < 1.29 is 27.1 Å². The molecule has 0 spiro atoms. The fourth-order valence-electron chi connectivity index (χ4n) is 3.60. The molecule has 2 unspecified atom stereocenters. The number of alkyl halides is 3. The number of nitrogens with one attached hydrogen (secondary N) is 1. The Kier molecular flexibility index (Phi) is 4.51. The molecule has 13 heteroatoms. The minimum Gasteiger partial charge on any atom is -0.449 e. The van der Waals surface area contributed by atoms with Crippen LogP contribution in [0.4, 0.5) is 24.5 Å². The fourth-order valence-corrected chi connectivity index (χ4v) is 3.60. The number of ether oxygens (including phenoxy) is 1. The van der Waals surface area contributed by atoms with Crippen molar-refractivity contribution >= 4 is 17.3 Å². The fraction of sp³-hybridized carbons (Fsp3) is 0.316. The maximum atomic E-state index is 13.2. The molecule has 0 radical (unpaired) electrons. The number of anilines is 2. The van der Waals surface area contributed by atoms with Crippen molar-refractivity contribution in [2.75, 3.05) is 16.8 Å². The summed E-state index contributed by atoms with van der Waals surface area (Å²) in [6.07, 6.45) is -3.59. The molecule has 1 aromatic carbocycles. The van der Waals surface area contributed by atoms with Gasteiger partial charge in [-0.2, -0.15) is 18.3 Å². The number of benzene rings is 1. The summed E-state index contributed by atoms with van der Waals surface area (Å²) in [5, 5.41) is 10.1. The summed E-state index contributed by atoms with van der Waals surface area (Å²) in [4.78, 5) is 30.0. The molecule has 3 atom stereocenters. The van der Waals surface area contributed by atoms with Crippen LogP contribution < -0.4 is 10.2 Å². The number of aromatic nitrogens is 3. The first-order valence-corrected chi connectivity index (χ1v) is 9.49. The molecule has 2 aliphatic rings. The van der Waals surface area contributed by atoms with Crippen molar-refractivity contribution in [3.63, 3.8) is 0 Å². The molecule has 5 rings (SSSR count). The van der Waals surface area contributed by atoms with E-state index < -0.39 is 30.0 Å². The smallest absolute Gasteiger partial charge is 0.416 e.